The van der Waals surface area contributed by atoms with Gasteiger partial charge in [0.1, 0.15) is 0 Å². The van der Waals surface area contributed by atoms with Gasteiger partial charge >= 0.3 is 5.97 Å². The van der Waals surface area contributed by atoms with Crippen LogP contribution in [-0.2, 0) is 4.79 Å². The predicted octanol–water partition coefficient (Wildman–Crippen LogP) is 4.73. The molecule has 25 heavy (non-hydrogen) atoms. The Labute approximate surface area is 148 Å². The van der Waals surface area contributed by atoms with Crippen molar-refractivity contribution in [2.45, 2.75) is 27.7 Å². The van der Waals surface area contributed by atoms with Gasteiger partial charge in [-0.15, -0.1) is 0 Å². The first-order valence-electron chi connectivity index (χ1n) is 8.38. The van der Waals surface area contributed by atoms with Crippen LogP contribution < -0.4 is 9.47 Å². The third-order valence-electron chi connectivity index (χ3n) is 3.93. The van der Waals surface area contributed by atoms with Crippen LogP contribution in [0.15, 0.2) is 36.4 Å². The fraction of sp³-hybridized carbons (Fsp3) is 0.286. The Balaban J connectivity index is 2.47. The standard InChI is InChI=1S/C21H24O4/c1-5-24-19-10-8-16(13-20(19)25-6-2)12-18(21(22)23)17-9-7-14(3)15(4)11-17/h7-13H,5-6H2,1-4H3,(H,22,23)/b18-12-. The highest BCUT2D eigenvalue weighted by atomic mass is 16.5. The van der Waals surface area contributed by atoms with Crippen LogP contribution in [0.1, 0.15) is 36.1 Å². The number of benzene rings is 2. The number of hydrogen-bond acceptors (Lipinski definition) is 3. The third-order valence-corrected chi connectivity index (χ3v) is 3.93. The fourth-order valence-electron chi connectivity index (χ4n) is 2.50. The molecule has 0 saturated carbocycles. The summed E-state index contributed by atoms with van der Waals surface area (Å²) in [6.07, 6.45) is 1.66. The van der Waals surface area contributed by atoms with Crippen molar-refractivity contribution >= 4 is 17.6 Å². The van der Waals surface area contributed by atoms with Gasteiger partial charge in [-0.1, -0.05) is 24.3 Å². The minimum Gasteiger partial charge on any atom is -0.490 e. The van der Waals surface area contributed by atoms with Crippen molar-refractivity contribution in [1.29, 1.82) is 0 Å². The quantitative estimate of drug-likeness (QED) is 0.585. The topological polar surface area (TPSA) is 55.8 Å². The van der Waals surface area contributed by atoms with Crippen molar-refractivity contribution in [3.05, 3.63) is 58.7 Å². The number of carboxylic acid groups (broad SMARTS) is 1. The maximum Gasteiger partial charge on any atom is 0.336 e. The normalized spacial score (nSPS) is 11.3. The molecule has 0 heterocycles. The highest BCUT2D eigenvalue weighted by Gasteiger charge is 2.13. The van der Waals surface area contributed by atoms with Crippen molar-refractivity contribution in [1.82, 2.24) is 0 Å². The van der Waals surface area contributed by atoms with Crippen molar-refractivity contribution in [2.24, 2.45) is 0 Å². The lowest BCUT2D eigenvalue weighted by molar-refractivity contribution is -0.130. The molecule has 2 aromatic rings. The molecule has 0 radical (unpaired) electrons. The summed E-state index contributed by atoms with van der Waals surface area (Å²) in [5, 5.41) is 9.64. The monoisotopic (exact) mass is 340 g/mol. The molecule has 0 bridgehead atoms. The lowest BCUT2D eigenvalue weighted by Gasteiger charge is -2.12. The number of carboxylic acids is 1. The summed E-state index contributed by atoms with van der Waals surface area (Å²) in [4.78, 5) is 11.8. The molecule has 0 amide bonds. The second-order valence-electron chi connectivity index (χ2n) is 5.73. The van der Waals surface area contributed by atoms with E-state index in [2.05, 4.69) is 0 Å². The van der Waals surface area contributed by atoms with Crippen LogP contribution in [0, 0.1) is 13.8 Å². The Hall–Kier alpha value is -2.75. The van der Waals surface area contributed by atoms with E-state index >= 15 is 0 Å². The second-order valence-corrected chi connectivity index (χ2v) is 5.73. The average molecular weight is 340 g/mol. The molecule has 4 nitrogen and oxygen atoms in total. The summed E-state index contributed by atoms with van der Waals surface area (Å²) in [7, 11) is 0. The molecule has 0 aliphatic heterocycles. The SMILES string of the molecule is CCOc1ccc(/C=C(\C(=O)O)c2ccc(C)c(C)c2)cc1OCC. The van der Waals surface area contributed by atoms with Gasteiger partial charge in [0.15, 0.2) is 11.5 Å². The zero-order chi connectivity index (χ0) is 18.4. The second kappa shape index (κ2) is 8.38. The van der Waals surface area contributed by atoms with E-state index in [0.29, 0.717) is 30.3 Å². The third kappa shape index (κ3) is 4.63. The van der Waals surface area contributed by atoms with Gasteiger partial charge < -0.3 is 14.6 Å². The van der Waals surface area contributed by atoms with Crippen LogP contribution in [-0.4, -0.2) is 24.3 Å². The van der Waals surface area contributed by atoms with E-state index in [0.717, 1.165) is 16.7 Å². The highest BCUT2D eigenvalue weighted by Crippen LogP contribution is 2.30. The number of aliphatic carboxylic acids is 1. The Bertz CT molecular complexity index is 790. The zero-order valence-corrected chi connectivity index (χ0v) is 15.1. The van der Waals surface area contributed by atoms with Crippen molar-refractivity contribution in [3.63, 3.8) is 0 Å². The average Bonchev–Trinajstić information content (AvgIpc) is 2.57. The van der Waals surface area contributed by atoms with Gasteiger partial charge in [0, 0.05) is 0 Å². The number of ether oxygens (including phenoxy) is 2. The molecule has 132 valence electrons. The van der Waals surface area contributed by atoms with Crippen LogP contribution in [0.5, 0.6) is 11.5 Å². The first-order chi connectivity index (χ1) is 12.0. The van der Waals surface area contributed by atoms with Gasteiger partial charge in [-0.25, -0.2) is 4.79 Å². The molecule has 0 aliphatic rings. The molecule has 1 N–H and O–H groups in total. The van der Waals surface area contributed by atoms with Gasteiger partial charge in [-0.05, 0) is 68.2 Å². The van der Waals surface area contributed by atoms with Gasteiger partial charge in [0.05, 0.1) is 18.8 Å². The number of carbonyl (C=O) groups is 1. The number of rotatable bonds is 7. The van der Waals surface area contributed by atoms with Crippen LogP contribution in [0.3, 0.4) is 0 Å². The van der Waals surface area contributed by atoms with Gasteiger partial charge in [-0.3, -0.25) is 0 Å². The number of hydrogen-bond donors (Lipinski definition) is 1. The minimum atomic E-state index is -0.963. The van der Waals surface area contributed by atoms with Gasteiger partial charge in [0.2, 0.25) is 0 Å². The summed E-state index contributed by atoms with van der Waals surface area (Å²) in [5.41, 5.74) is 3.87. The lowest BCUT2D eigenvalue weighted by atomic mass is 9.98. The molecule has 2 aromatic carbocycles. The lowest BCUT2D eigenvalue weighted by Crippen LogP contribution is -2.01. The largest absolute Gasteiger partial charge is 0.490 e. The van der Waals surface area contributed by atoms with Crippen LogP contribution in [0.4, 0.5) is 0 Å². The van der Waals surface area contributed by atoms with Crippen molar-refractivity contribution in [2.75, 3.05) is 13.2 Å². The molecular weight excluding hydrogens is 316 g/mol. The Morgan fingerprint density at radius 2 is 1.64 bits per heavy atom. The molecule has 2 rings (SSSR count). The first-order valence-corrected chi connectivity index (χ1v) is 8.38. The van der Waals surface area contributed by atoms with Crippen LogP contribution in [0.2, 0.25) is 0 Å². The molecule has 0 aliphatic carbocycles. The van der Waals surface area contributed by atoms with Crippen molar-refractivity contribution in [3.8, 4) is 11.5 Å². The van der Waals surface area contributed by atoms with Crippen molar-refractivity contribution < 1.29 is 19.4 Å². The Kier molecular flexibility index (Phi) is 6.23. The maximum atomic E-state index is 11.8. The van der Waals surface area contributed by atoms with Gasteiger partial charge in [-0.2, -0.15) is 0 Å². The van der Waals surface area contributed by atoms with E-state index in [1.54, 1.807) is 18.2 Å². The highest BCUT2D eigenvalue weighted by molar-refractivity contribution is 6.20. The summed E-state index contributed by atoms with van der Waals surface area (Å²) < 4.78 is 11.2. The molecular formula is C21H24O4. The summed E-state index contributed by atoms with van der Waals surface area (Å²) in [5.74, 6) is 0.308. The van der Waals surface area contributed by atoms with E-state index in [1.165, 1.54) is 0 Å². The molecule has 4 heteroatoms. The summed E-state index contributed by atoms with van der Waals surface area (Å²) in [6, 6.07) is 11.1. The smallest absolute Gasteiger partial charge is 0.336 e. The minimum absolute atomic E-state index is 0.245. The van der Waals surface area contributed by atoms with E-state index in [4.69, 9.17) is 9.47 Å². The van der Waals surface area contributed by atoms with Crippen LogP contribution >= 0.6 is 0 Å². The predicted molar refractivity (Wildman–Crippen MR) is 100 cm³/mol. The molecule has 0 unspecified atom stereocenters. The molecule has 0 aromatic heterocycles. The number of aryl methyl sites for hydroxylation is 2. The summed E-state index contributed by atoms with van der Waals surface area (Å²) in [6.45, 7) is 8.84. The Morgan fingerprint density at radius 1 is 0.960 bits per heavy atom. The molecule has 0 saturated heterocycles. The molecule has 0 spiro atoms. The fourth-order valence-corrected chi connectivity index (χ4v) is 2.50. The summed E-state index contributed by atoms with van der Waals surface area (Å²) >= 11 is 0. The molecule has 0 atom stereocenters. The maximum absolute atomic E-state index is 11.8. The van der Waals surface area contributed by atoms with E-state index in [1.807, 2.05) is 52.0 Å². The van der Waals surface area contributed by atoms with Crippen LogP contribution in [0.25, 0.3) is 11.6 Å². The van der Waals surface area contributed by atoms with E-state index < -0.39 is 5.97 Å². The molecule has 0 fully saturated rings. The van der Waals surface area contributed by atoms with E-state index in [-0.39, 0.29) is 5.57 Å². The first kappa shape index (κ1) is 18.6. The van der Waals surface area contributed by atoms with E-state index in [9.17, 15) is 9.90 Å². The zero-order valence-electron chi connectivity index (χ0n) is 15.1. The van der Waals surface area contributed by atoms with Gasteiger partial charge in [0.25, 0.3) is 0 Å². The Morgan fingerprint density at radius 3 is 2.24 bits per heavy atom.